The molecule has 1 rings (SSSR count). The number of ether oxygens (including phenoxy) is 1. The van der Waals surface area contributed by atoms with E-state index in [0.29, 0.717) is 19.6 Å². The zero-order valence-electron chi connectivity index (χ0n) is 15.9. The lowest BCUT2D eigenvalue weighted by molar-refractivity contribution is 0.0951. The van der Waals surface area contributed by atoms with E-state index in [9.17, 15) is 9.90 Å². The summed E-state index contributed by atoms with van der Waals surface area (Å²) in [5.41, 5.74) is 0.274. The van der Waals surface area contributed by atoms with Gasteiger partial charge in [0.2, 0.25) is 0 Å². The predicted octanol–water partition coefficient (Wildman–Crippen LogP) is 1.88. The van der Waals surface area contributed by atoms with Crippen molar-refractivity contribution in [2.75, 3.05) is 39.4 Å². The second-order valence-corrected chi connectivity index (χ2v) is 5.78. The fraction of sp³-hybridized carbons (Fsp3) is 0.579. The van der Waals surface area contributed by atoms with Gasteiger partial charge in [0.05, 0.1) is 5.56 Å². The Labute approximate surface area is 156 Å². The minimum atomic E-state index is -0.295. The van der Waals surface area contributed by atoms with Gasteiger partial charge in [-0.3, -0.25) is 9.79 Å². The molecule has 0 aliphatic heterocycles. The smallest absolute Gasteiger partial charge is 0.255 e. The molecule has 0 atom stereocenters. The van der Waals surface area contributed by atoms with Gasteiger partial charge in [-0.2, -0.15) is 0 Å². The topological polar surface area (TPSA) is 95.0 Å². The third kappa shape index (κ3) is 9.27. The maximum Gasteiger partial charge on any atom is 0.255 e. The van der Waals surface area contributed by atoms with Crippen LogP contribution in [0.25, 0.3) is 0 Å². The summed E-state index contributed by atoms with van der Waals surface area (Å²) in [7, 11) is 0. The first-order valence-corrected chi connectivity index (χ1v) is 9.35. The van der Waals surface area contributed by atoms with E-state index >= 15 is 0 Å². The molecule has 0 spiro atoms. The molecule has 7 nitrogen and oxygen atoms in total. The minimum absolute atomic E-state index is 0.0194. The van der Waals surface area contributed by atoms with Crippen molar-refractivity contribution in [3.05, 3.63) is 29.8 Å². The summed E-state index contributed by atoms with van der Waals surface area (Å²) >= 11 is 0. The lowest BCUT2D eigenvalue weighted by Crippen LogP contribution is -2.41. The fourth-order valence-electron chi connectivity index (χ4n) is 2.17. The summed E-state index contributed by atoms with van der Waals surface area (Å²) in [4.78, 5) is 16.5. The third-order valence-electron chi connectivity index (χ3n) is 3.55. The molecule has 0 aromatic heterocycles. The summed E-state index contributed by atoms with van der Waals surface area (Å²) in [6.07, 6.45) is 3.12. The molecule has 0 unspecified atom stereocenters. The number of para-hydroxylation sites is 1. The monoisotopic (exact) mass is 364 g/mol. The molecule has 1 aromatic rings. The van der Waals surface area contributed by atoms with Crippen LogP contribution in [0.1, 0.15) is 43.5 Å². The van der Waals surface area contributed by atoms with Crippen molar-refractivity contribution in [1.29, 1.82) is 0 Å². The molecule has 4 N–H and O–H groups in total. The average Bonchev–Trinajstić information content (AvgIpc) is 2.64. The van der Waals surface area contributed by atoms with E-state index in [2.05, 4.69) is 27.9 Å². The number of hydrogen-bond donors (Lipinski definition) is 4. The number of benzene rings is 1. The summed E-state index contributed by atoms with van der Waals surface area (Å²) in [6.45, 7) is 8.11. The maximum absolute atomic E-state index is 12.0. The first-order valence-electron chi connectivity index (χ1n) is 9.35. The zero-order valence-corrected chi connectivity index (χ0v) is 15.9. The Morgan fingerprint density at radius 3 is 2.54 bits per heavy atom. The number of phenolic OH excluding ortho intramolecular Hbond substituents is 1. The van der Waals surface area contributed by atoms with E-state index in [1.807, 2.05) is 6.92 Å². The van der Waals surface area contributed by atoms with Crippen LogP contribution in [-0.2, 0) is 4.74 Å². The number of carbonyl (C=O) groups excluding carboxylic acids is 1. The van der Waals surface area contributed by atoms with Crippen molar-refractivity contribution in [2.45, 2.75) is 33.1 Å². The van der Waals surface area contributed by atoms with Crippen LogP contribution in [0.3, 0.4) is 0 Å². The fourth-order valence-corrected chi connectivity index (χ4v) is 2.17. The van der Waals surface area contributed by atoms with Crippen LogP contribution in [0.15, 0.2) is 29.3 Å². The molecule has 0 heterocycles. The minimum Gasteiger partial charge on any atom is -0.507 e. The van der Waals surface area contributed by atoms with Gasteiger partial charge in [0.1, 0.15) is 5.75 Å². The molecule has 1 amide bonds. The number of nitrogens with zero attached hydrogens (tertiary/aromatic N) is 1. The number of unbranched alkanes of at least 4 members (excludes halogenated alkanes) is 1. The lowest BCUT2D eigenvalue weighted by atomic mass is 10.2. The maximum atomic E-state index is 12.0. The van der Waals surface area contributed by atoms with Crippen LogP contribution >= 0.6 is 0 Å². The average molecular weight is 364 g/mol. The van der Waals surface area contributed by atoms with Crippen molar-refractivity contribution in [1.82, 2.24) is 16.0 Å². The van der Waals surface area contributed by atoms with Crippen molar-refractivity contribution < 1.29 is 14.6 Å². The van der Waals surface area contributed by atoms with E-state index in [1.54, 1.807) is 18.2 Å². The quantitative estimate of drug-likeness (QED) is 0.258. The number of rotatable bonds is 12. The summed E-state index contributed by atoms with van der Waals surface area (Å²) in [6, 6.07) is 6.48. The van der Waals surface area contributed by atoms with Crippen molar-refractivity contribution in [3.8, 4) is 5.75 Å². The highest BCUT2D eigenvalue weighted by atomic mass is 16.5. The SMILES string of the molecule is CCCCOCCCN=C(NCC)NCCNC(=O)c1ccccc1O. The predicted molar refractivity (Wildman–Crippen MR) is 105 cm³/mol. The summed E-state index contributed by atoms with van der Waals surface area (Å²) in [5, 5.41) is 18.8. The Balaban J connectivity index is 2.25. The van der Waals surface area contributed by atoms with Gasteiger partial charge in [0.15, 0.2) is 5.96 Å². The van der Waals surface area contributed by atoms with E-state index in [0.717, 1.165) is 45.0 Å². The first kappa shape index (κ1) is 21.8. The molecule has 1 aromatic carbocycles. The number of phenols is 1. The van der Waals surface area contributed by atoms with Crippen LogP contribution in [0.4, 0.5) is 0 Å². The molecule has 0 saturated carbocycles. The number of aromatic hydroxyl groups is 1. The molecule has 146 valence electrons. The Kier molecular flexibility index (Phi) is 11.7. The number of nitrogens with one attached hydrogen (secondary N) is 3. The van der Waals surface area contributed by atoms with Gasteiger partial charge in [-0.05, 0) is 31.9 Å². The molecule has 7 heteroatoms. The van der Waals surface area contributed by atoms with Gasteiger partial charge in [0, 0.05) is 39.4 Å². The number of amides is 1. The van der Waals surface area contributed by atoms with Gasteiger partial charge >= 0.3 is 0 Å². The molecule has 0 fully saturated rings. The van der Waals surface area contributed by atoms with Crippen LogP contribution < -0.4 is 16.0 Å². The number of hydrogen-bond acceptors (Lipinski definition) is 4. The number of guanidine groups is 1. The molecule has 0 saturated heterocycles. The van der Waals surface area contributed by atoms with Crippen LogP contribution in [0, 0.1) is 0 Å². The molecule has 26 heavy (non-hydrogen) atoms. The molecule has 0 radical (unpaired) electrons. The highest BCUT2D eigenvalue weighted by Crippen LogP contribution is 2.14. The van der Waals surface area contributed by atoms with E-state index < -0.39 is 0 Å². The van der Waals surface area contributed by atoms with Crippen LogP contribution in [-0.4, -0.2) is 56.4 Å². The number of carbonyl (C=O) groups is 1. The van der Waals surface area contributed by atoms with Crippen LogP contribution in [0.2, 0.25) is 0 Å². The lowest BCUT2D eigenvalue weighted by Gasteiger charge is -2.12. The van der Waals surface area contributed by atoms with E-state index in [-0.39, 0.29) is 17.2 Å². The molecule has 0 aliphatic rings. The molecule has 0 bridgehead atoms. The van der Waals surface area contributed by atoms with Crippen molar-refractivity contribution in [3.63, 3.8) is 0 Å². The van der Waals surface area contributed by atoms with Gasteiger partial charge in [-0.25, -0.2) is 0 Å². The molecular formula is C19H32N4O3. The normalized spacial score (nSPS) is 11.2. The molecular weight excluding hydrogens is 332 g/mol. The Hall–Kier alpha value is -2.28. The summed E-state index contributed by atoms with van der Waals surface area (Å²) < 4.78 is 5.51. The number of aliphatic imine (C=N–C) groups is 1. The second-order valence-electron chi connectivity index (χ2n) is 5.78. The first-order chi connectivity index (χ1) is 12.7. The zero-order chi connectivity index (χ0) is 19.0. The summed E-state index contributed by atoms with van der Waals surface area (Å²) in [5.74, 6) is 0.406. The van der Waals surface area contributed by atoms with E-state index in [4.69, 9.17) is 4.74 Å². The van der Waals surface area contributed by atoms with Gasteiger partial charge in [-0.15, -0.1) is 0 Å². The van der Waals surface area contributed by atoms with Gasteiger partial charge < -0.3 is 25.8 Å². The van der Waals surface area contributed by atoms with Gasteiger partial charge in [0.25, 0.3) is 5.91 Å². The largest absolute Gasteiger partial charge is 0.507 e. The van der Waals surface area contributed by atoms with Crippen molar-refractivity contribution in [2.24, 2.45) is 4.99 Å². The standard InChI is InChI=1S/C19H32N4O3/c1-3-5-14-26-15-8-11-22-19(20-4-2)23-13-12-21-18(25)16-9-6-7-10-17(16)24/h6-7,9-10,24H,3-5,8,11-15H2,1-2H3,(H,21,25)(H2,20,22,23). The van der Waals surface area contributed by atoms with Crippen LogP contribution in [0.5, 0.6) is 5.75 Å². The Bertz CT molecular complexity index is 549. The Morgan fingerprint density at radius 2 is 1.81 bits per heavy atom. The van der Waals surface area contributed by atoms with Crippen molar-refractivity contribution >= 4 is 11.9 Å². The third-order valence-corrected chi connectivity index (χ3v) is 3.55. The molecule has 0 aliphatic carbocycles. The highest BCUT2D eigenvalue weighted by Gasteiger charge is 2.08. The van der Waals surface area contributed by atoms with Gasteiger partial charge in [-0.1, -0.05) is 25.5 Å². The second kappa shape index (κ2) is 13.9. The Morgan fingerprint density at radius 1 is 1.08 bits per heavy atom. The van der Waals surface area contributed by atoms with E-state index in [1.165, 1.54) is 6.07 Å². The highest BCUT2D eigenvalue weighted by molar-refractivity contribution is 5.96.